The molecule has 0 aromatic heterocycles. The molecule has 0 fully saturated rings. The van der Waals surface area contributed by atoms with Gasteiger partial charge in [-0.05, 0) is 51.4 Å². The second-order valence-electron chi connectivity index (χ2n) is 16.4. The Morgan fingerprint density at radius 1 is 0.648 bits per heavy atom. The van der Waals surface area contributed by atoms with Crippen molar-refractivity contribution in [3.63, 3.8) is 0 Å². The van der Waals surface area contributed by atoms with Crippen LogP contribution in [-0.4, -0.2) is 68.5 Å². The normalized spacial score (nSPS) is 14.7. The SMILES string of the molecule is CCCCCCC/C=C\C/C=C\CCCCCCCCCCCC(=O)NC(COP(=O)([O-])OCC[N+](C)(C)C)C(O)/C=C/CCCCCCCCCCC. The van der Waals surface area contributed by atoms with Gasteiger partial charge < -0.3 is 28.8 Å². The molecule has 0 aliphatic carbocycles. The highest BCUT2D eigenvalue weighted by molar-refractivity contribution is 7.45. The summed E-state index contributed by atoms with van der Waals surface area (Å²) in [6, 6.07) is -0.886. The molecular weight excluding hydrogens is 695 g/mol. The highest BCUT2D eigenvalue weighted by atomic mass is 31.2. The van der Waals surface area contributed by atoms with E-state index < -0.39 is 20.0 Å². The standard InChI is InChI=1S/C45H87N2O6P/c1-6-8-10-12-14-16-18-19-20-21-22-23-24-25-26-27-29-31-33-35-37-39-45(49)46-43(42-53-54(50,51)52-41-40-47(3,4)5)44(48)38-36-34-32-30-28-17-15-13-11-9-7-2/h18-19,21-22,36,38,43-44,48H,6-17,20,23-35,37,39-42H2,1-5H3,(H-,46,49,50,51)/b19-18-,22-21-,38-36+. The van der Waals surface area contributed by atoms with E-state index in [0.29, 0.717) is 17.4 Å². The second-order valence-corrected chi connectivity index (χ2v) is 17.8. The molecule has 8 nitrogen and oxygen atoms in total. The van der Waals surface area contributed by atoms with E-state index in [1.54, 1.807) is 6.08 Å². The maximum Gasteiger partial charge on any atom is 0.268 e. The van der Waals surface area contributed by atoms with Crippen molar-refractivity contribution in [2.75, 3.05) is 40.9 Å². The molecule has 54 heavy (non-hydrogen) atoms. The first-order chi connectivity index (χ1) is 26.0. The average molecular weight is 783 g/mol. The van der Waals surface area contributed by atoms with E-state index in [9.17, 15) is 19.4 Å². The highest BCUT2D eigenvalue weighted by Crippen LogP contribution is 2.38. The van der Waals surface area contributed by atoms with E-state index in [1.807, 2.05) is 27.2 Å². The molecule has 0 aromatic rings. The lowest BCUT2D eigenvalue weighted by atomic mass is 10.0. The quantitative estimate of drug-likeness (QED) is 0.0277. The number of carbonyl (C=O) groups excluding carboxylic acids is 1. The van der Waals surface area contributed by atoms with Crippen LogP contribution in [-0.2, 0) is 18.4 Å². The van der Waals surface area contributed by atoms with E-state index in [0.717, 1.165) is 44.9 Å². The molecule has 0 radical (unpaired) electrons. The molecule has 0 aliphatic heterocycles. The summed E-state index contributed by atoms with van der Waals surface area (Å²) in [6.45, 7) is 4.61. The summed E-state index contributed by atoms with van der Waals surface area (Å²) in [4.78, 5) is 25.3. The van der Waals surface area contributed by atoms with Gasteiger partial charge in [0.2, 0.25) is 5.91 Å². The highest BCUT2D eigenvalue weighted by Gasteiger charge is 2.23. The summed E-state index contributed by atoms with van der Waals surface area (Å²) < 4.78 is 23.2. The molecule has 1 amide bonds. The van der Waals surface area contributed by atoms with Crippen molar-refractivity contribution < 1.29 is 32.9 Å². The Hall–Kier alpha value is -1.28. The first-order valence-electron chi connectivity index (χ1n) is 22.4. The minimum atomic E-state index is -4.58. The monoisotopic (exact) mass is 783 g/mol. The van der Waals surface area contributed by atoms with Gasteiger partial charge in [0.1, 0.15) is 13.2 Å². The molecule has 0 heterocycles. The Balaban J connectivity index is 4.33. The number of allylic oxidation sites excluding steroid dienone is 5. The zero-order valence-electron chi connectivity index (χ0n) is 35.9. The van der Waals surface area contributed by atoms with Gasteiger partial charge in [-0.15, -0.1) is 0 Å². The van der Waals surface area contributed by atoms with Crippen LogP contribution in [0.25, 0.3) is 0 Å². The maximum absolute atomic E-state index is 12.8. The lowest BCUT2D eigenvalue weighted by Crippen LogP contribution is -2.45. The molecule has 3 atom stereocenters. The van der Waals surface area contributed by atoms with Crippen LogP contribution < -0.4 is 10.2 Å². The van der Waals surface area contributed by atoms with E-state index in [2.05, 4.69) is 43.5 Å². The van der Waals surface area contributed by atoms with Gasteiger partial charge >= 0.3 is 0 Å². The summed E-state index contributed by atoms with van der Waals surface area (Å²) in [5.74, 6) is -0.204. The van der Waals surface area contributed by atoms with Gasteiger partial charge in [-0.1, -0.05) is 172 Å². The largest absolute Gasteiger partial charge is 0.756 e. The predicted octanol–water partition coefficient (Wildman–Crippen LogP) is 11.7. The molecule has 0 aliphatic rings. The van der Waals surface area contributed by atoms with Crippen LogP contribution in [0.1, 0.15) is 194 Å². The minimum absolute atomic E-state index is 0.00224. The molecule has 0 saturated heterocycles. The first kappa shape index (κ1) is 52.7. The summed E-state index contributed by atoms with van der Waals surface area (Å²) in [5, 5.41) is 13.7. The van der Waals surface area contributed by atoms with E-state index in [-0.39, 0.29) is 19.1 Å². The number of quaternary nitrogens is 1. The van der Waals surface area contributed by atoms with Crippen LogP contribution in [0.4, 0.5) is 0 Å². The number of carbonyl (C=O) groups is 1. The van der Waals surface area contributed by atoms with Gasteiger partial charge in [0.05, 0.1) is 39.9 Å². The van der Waals surface area contributed by atoms with E-state index >= 15 is 0 Å². The van der Waals surface area contributed by atoms with Gasteiger partial charge in [0.15, 0.2) is 0 Å². The van der Waals surface area contributed by atoms with Crippen molar-refractivity contribution in [2.24, 2.45) is 0 Å². The number of unbranched alkanes of at least 4 members (excludes halogenated alkanes) is 23. The number of nitrogens with one attached hydrogen (secondary N) is 1. The number of aliphatic hydroxyl groups excluding tert-OH is 1. The van der Waals surface area contributed by atoms with Gasteiger partial charge in [0.25, 0.3) is 7.82 Å². The predicted molar refractivity (Wildman–Crippen MR) is 228 cm³/mol. The topological polar surface area (TPSA) is 108 Å². The Labute approximate surface area is 334 Å². The smallest absolute Gasteiger partial charge is 0.268 e. The van der Waals surface area contributed by atoms with Gasteiger partial charge in [0, 0.05) is 6.42 Å². The minimum Gasteiger partial charge on any atom is -0.756 e. The van der Waals surface area contributed by atoms with Gasteiger partial charge in [-0.3, -0.25) is 9.36 Å². The number of amides is 1. The van der Waals surface area contributed by atoms with E-state index in [4.69, 9.17) is 9.05 Å². The molecule has 2 N–H and O–H groups in total. The summed E-state index contributed by atoms with van der Waals surface area (Å²) in [6.07, 6.45) is 44.7. The fourth-order valence-corrected chi connectivity index (χ4v) is 6.96. The van der Waals surface area contributed by atoms with Crippen LogP contribution in [0.3, 0.4) is 0 Å². The van der Waals surface area contributed by atoms with Crippen LogP contribution >= 0.6 is 7.82 Å². The molecule has 318 valence electrons. The number of hydrogen-bond donors (Lipinski definition) is 2. The summed E-state index contributed by atoms with van der Waals surface area (Å²) in [7, 11) is 1.25. The number of nitrogens with zero attached hydrogens (tertiary/aromatic N) is 1. The molecule has 0 saturated carbocycles. The van der Waals surface area contributed by atoms with Crippen molar-refractivity contribution in [3.05, 3.63) is 36.5 Å². The summed E-state index contributed by atoms with van der Waals surface area (Å²) >= 11 is 0. The van der Waals surface area contributed by atoms with Crippen molar-refractivity contribution in [1.29, 1.82) is 0 Å². The Bertz CT molecular complexity index is 980. The van der Waals surface area contributed by atoms with Crippen LogP contribution in [0.5, 0.6) is 0 Å². The summed E-state index contributed by atoms with van der Waals surface area (Å²) in [5.41, 5.74) is 0. The van der Waals surface area contributed by atoms with Crippen molar-refractivity contribution >= 4 is 13.7 Å². The molecule has 9 heteroatoms. The fourth-order valence-electron chi connectivity index (χ4n) is 6.24. The number of aliphatic hydroxyl groups is 1. The van der Waals surface area contributed by atoms with Crippen LogP contribution in [0.15, 0.2) is 36.5 Å². The van der Waals surface area contributed by atoms with Crippen LogP contribution in [0, 0.1) is 0 Å². The average Bonchev–Trinajstić information content (AvgIpc) is 3.12. The van der Waals surface area contributed by atoms with Gasteiger partial charge in [-0.2, -0.15) is 0 Å². The lowest BCUT2D eigenvalue weighted by Gasteiger charge is -2.29. The zero-order valence-corrected chi connectivity index (χ0v) is 36.8. The van der Waals surface area contributed by atoms with Crippen molar-refractivity contribution in [1.82, 2.24) is 5.32 Å². The first-order valence-corrected chi connectivity index (χ1v) is 23.8. The van der Waals surface area contributed by atoms with Crippen LogP contribution in [0.2, 0.25) is 0 Å². The molecule has 0 spiro atoms. The number of phosphoric ester groups is 1. The second kappa shape index (κ2) is 37.3. The molecule has 3 unspecified atom stereocenters. The van der Waals surface area contributed by atoms with Gasteiger partial charge in [-0.25, -0.2) is 0 Å². The molecular formula is C45H87N2O6P. The van der Waals surface area contributed by atoms with Crippen molar-refractivity contribution in [2.45, 2.75) is 206 Å². The lowest BCUT2D eigenvalue weighted by molar-refractivity contribution is -0.870. The van der Waals surface area contributed by atoms with E-state index in [1.165, 1.54) is 128 Å². The zero-order chi connectivity index (χ0) is 40.0. The third-order valence-electron chi connectivity index (χ3n) is 9.84. The molecule has 0 aromatic carbocycles. The Morgan fingerprint density at radius 3 is 1.54 bits per heavy atom. The third kappa shape index (κ3) is 39.0. The van der Waals surface area contributed by atoms with Crippen molar-refractivity contribution in [3.8, 4) is 0 Å². The Kier molecular flexibility index (Phi) is 36.4. The Morgan fingerprint density at radius 2 is 1.07 bits per heavy atom. The number of likely N-dealkylation sites (N-methyl/N-ethyl adjacent to an activating group) is 1. The molecule has 0 rings (SSSR count). The maximum atomic E-state index is 12.8. The number of hydrogen-bond acceptors (Lipinski definition) is 6. The fraction of sp³-hybridized carbons (Fsp3) is 0.844. The number of rotatable bonds is 40. The molecule has 0 bridgehead atoms. The third-order valence-corrected chi connectivity index (χ3v) is 10.8. The number of phosphoric acid groups is 1.